The molecule has 0 saturated heterocycles. The van der Waals surface area contributed by atoms with Crippen LogP contribution >= 0.6 is 0 Å². The molecule has 0 atom stereocenters. The molecule has 0 N–H and O–H groups in total. The first kappa shape index (κ1) is 11.8. The van der Waals surface area contributed by atoms with E-state index >= 15 is 0 Å². The van der Waals surface area contributed by atoms with Gasteiger partial charge in [0.25, 0.3) is 0 Å². The Morgan fingerprint density at radius 3 is 2.33 bits per heavy atom. The average molecular weight is 214 g/mol. The molecule has 0 amide bonds. The maximum Gasteiger partial charge on any atom is 0.129 e. The molecule has 0 unspecified atom stereocenters. The molecule has 1 aromatic carbocycles. The van der Waals surface area contributed by atoms with Gasteiger partial charge in [-0.3, -0.25) is 0 Å². The van der Waals surface area contributed by atoms with Gasteiger partial charge in [0.15, 0.2) is 0 Å². The first-order valence-corrected chi connectivity index (χ1v) is 8.68. The topological polar surface area (TPSA) is 0 Å². The summed E-state index contributed by atoms with van der Waals surface area (Å²) in [7, 11) is -1.29. The monoisotopic (exact) mass is 214 g/mol. The van der Waals surface area contributed by atoms with Crippen molar-refractivity contribution >= 4 is 13.6 Å². The summed E-state index contributed by atoms with van der Waals surface area (Å²) in [5.74, 6) is 3.29. The smallest absolute Gasteiger partial charge is 0.127 e. The van der Waals surface area contributed by atoms with Crippen molar-refractivity contribution in [3.8, 4) is 11.5 Å². The zero-order chi connectivity index (χ0) is 11.5. The number of allylic oxidation sites excluding steroid dienone is 1. The van der Waals surface area contributed by atoms with Crippen molar-refractivity contribution in [3.05, 3.63) is 42.0 Å². The number of rotatable bonds is 1. The molecule has 1 aromatic rings. The molecule has 15 heavy (non-hydrogen) atoms. The Hall–Kier alpha value is -1.26. The van der Waals surface area contributed by atoms with Gasteiger partial charge in [0.1, 0.15) is 8.07 Å². The molecule has 1 rings (SSSR count). The van der Waals surface area contributed by atoms with Crippen molar-refractivity contribution in [1.82, 2.24) is 0 Å². The fourth-order valence-corrected chi connectivity index (χ4v) is 1.73. The van der Waals surface area contributed by atoms with Gasteiger partial charge in [-0.2, -0.15) is 0 Å². The van der Waals surface area contributed by atoms with Crippen LogP contribution in [-0.4, -0.2) is 8.07 Å². The van der Waals surface area contributed by atoms with Crippen molar-refractivity contribution < 1.29 is 0 Å². The third-order valence-electron chi connectivity index (χ3n) is 1.96. The summed E-state index contributed by atoms with van der Waals surface area (Å²) in [4.78, 5) is 0. The highest BCUT2D eigenvalue weighted by molar-refractivity contribution is 6.83. The molecule has 0 bridgehead atoms. The van der Waals surface area contributed by atoms with E-state index in [4.69, 9.17) is 0 Å². The maximum absolute atomic E-state index is 3.97. The quantitative estimate of drug-likeness (QED) is 0.490. The van der Waals surface area contributed by atoms with Crippen LogP contribution in [0.3, 0.4) is 0 Å². The third-order valence-corrected chi connectivity index (χ3v) is 2.83. The molecule has 0 radical (unpaired) electrons. The molecule has 0 nitrogen and oxygen atoms in total. The van der Waals surface area contributed by atoms with Crippen molar-refractivity contribution in [2.24, 2.45) is 0 Å². The van der Waals surface area contributed by atoms with E-state index in [1.807, 2.05) is 19.1 Å². The molecule has 0 heterocycles. The van der Waals surface area contributed by atoms with Crippen LogP contribution in [0.25, 0.3) is 5.57 Å². The summed E-state index contributed by atoms with van der Waals surface area (Å²) in [5, 5.41) is 0. The Kier molecular flexibility index (Phi) is 3.55. The third kappa shape index (κ3) is 3.77. The van der Waals surface area contributed by atoms with Gasteiger partial charge in [-0.1, -0.05) is 50.3 Å². The highest BCUT2D eigenvalue weighted by Crippen LogP contribution is 2.16. The van der Waals surface area contributed by atoms with E-state index < -0.39 is 8.07 Å². The minimum Gasteiger partial charge on any atom is -0.127 e. The standard InChI is InChI=1S/C14H18Si/c1-12(2)14-9-7-6-8-13(14)10-11-15(3,4)5/h6-9H,1H2,2-5H3. The van der Waals surface area contributed by atoms with E-state index in [1.54, 1.807) is 0 Å². The number of benzene rings is 1. The van der Waals surface area contributed by atoms with Gasteiger partial charge in [-0.05, 0) is 24.1 Å². The lowest BCUT2D eigenvalue weighted by atomic mass is 10.0. The van der Waals surface area contributed by atoms with Crippen LogP contribution in [0.4, 0.5) is 0 Å². The summed E-state index contributed by atoms with van der Waals surface area (Å²) in [6.07, 6.45) is 0. The zero-order valence-electron chi connectivity index (χ0n) is 10.0. The molecule has 0 fully saturated rings. The fraction of sp³-hybridized carbons (Fsp3) is 0.286. The minimum absolute atomic E-state index is 1.08. The largest absolute Gasteiger partial charge is 0.129 e. The number of hydrogen-bond donors (Lipinski definition) is 0. The summed E-state index contributed by atoms with van der Waals surface area (Å²) in [6, 6.07) is 8.21. The maximum atomic E-state index is 3.97. The van der Waals surface area contributed by atoms with E-state index in [-0.39, 0.29) is 0 Å². The predicted octanol–water partition coefficient (Wildman–Crippen LogP) is 3.95. The molecule has 0 aliphatic heterocycles. The molecule has 0 spiro atoms. The Bertz CT molecular complexity index is 425. The van der Waals surface area contributed by atoms with Gasteiger partial charge >= 0.3 is 0 Å². The summed E-state index contributed by atoms with van der Waals surface area (Å²) >= 11 is 0. The minimum atomic E-state index is -1.29. The van der Waals surface area contributed by atoms with E-state index in [0.29, 0.717) is 0 Å². The molecule has 0 saturated carbocycles. The molecular formula is C14H18Si. The lowest BCUT2D eigenvalue weighted by molar-refractivity contribution is 1.54. The molecule has 1 heteroatoms. The molecule has 0 aromatic heterocycles. The van der Waals surface area contributed by atoms with E-state index in [0.717, 1.165) is 11.1 Å². The second-order valence-electron chi connectivity index (χ2n) is 4.83. The van der Waals surface area contributed by atoms with Gasteiger partial charge in [-0.15, -0.1) is 5.54 Å². The zero-order valence-corrected chi connectivity index (χ0v) is 11.0. The van der Waals surface area contributed by atoms with Crippen LogP contribution in [0.15, 0.2) is 30.8 Å². The lowest BCUT2D eigenvalue weighted by Gasteiger charge is -2.06. The van der Waals surface area contributed by atoms with Crippen LogP contribution in [0.2, 0.25) is 19.6 Å². The molecule has 78 valence electrons. The molecule has 0 aliphatic carbocycles. The van der Waals surface area contributed by atoms with Gasteiger partial charge in [0.2, 0.25) is 0 Å². The van der Waals surface area contributed by atoms with Crippen molar-refractivity contribution in [2.45, 2.75) is 26.6 Å². The van der Waals surface area contributed by atoms with Crippen LogP contribution in [-0.2, 0) is 0 Å². The fourth-order valence-electron chi connectivity index (χ4n) is 1.22. The van der Waals surface area contributed by atoms with Gasteiger partial charge in [0.05, 0.1) is 0 Å². The van der Waals surface area contributed by atoms with E-state index in [9.17, 15) is 0 Å². The highest BCUT2D eigenvalue weighted by Gasteiger charge is 2.08. The summed E-state index contributed by atoms with van der Waals surface area (Å²) in [5.41, 5.74) is 6.73. The second kappa shape index (κ2) is 4.50. The van der Waals surface area contributed by atoms with E-state index in [2.05, 4.69) is 49.8 Å². The van der Waals surface area contributed by atoms with Gasteiger partial charge in [0, 0.05) is 5.56 Å². The first-order valence-electron chi connectivity index (χ1n) is 5.18. The summed E-state index contributed by atoms with van der Waals surface area (Å²) < 4.78 is 0. The average Bonchev–Trinajstić information content (AvgIpc) is 2.14. The normalized spacial score (nSPS) is 10.4. The molecular weight excluding hydrogens is 196 g/mol. The van der Waals surface area contributed by atoms with Crippen LogP contribution in [0.1, 0.15) is 18.1 Å². The molecule has 0 aliphatic rings. The second-order valence-corrected chi connectivity index (χ2v) is 9.58. The van der Waals surface area contributed by atoms with Crippen molar-refractivity contribution in [1.29, 1.82) is 0 Å². The highest BCUT2D eigenvalue weighted by atomic mass is 28.3. The van der Waals surface area contributed by atoms with Gasteiger partial charge < -0.3 is 0 Å². The SMILES string of the molecule is C=C(C)c1ccccc1C#C[Si](C)(C)C. The van der Waals surface area contributed by atoms with Gasteiger partial charge in [-0.25, -0.2) is 0 Å². The number of hydrogen-bond acceptors (Lipinski definition) is 0. The Labute approximate surface area is 94.0 Å². The lowest BCUT2D eigenvalue weighted by Crippen LogP contribution is -2.16. The van der Waals surface area contributed by atoms with Crippen molar-refractivity contribution in [3.63, 3.8) is 0 Å². The van der Waals surface area contributed by atoms with Crippen LogP contribution < -0.4 is 0 Å². The van der Waals surface area contributed by atoms with E-state index in [1.165, 1.54) is 5.56 Å². The van der Waals surface area contributed by atoms with Crippen molar-refractivity contribution in [2.75, 3.05) is 0 Å². The Morgan fingerprint density at radius 2 is 1.80 bits per heavy atom. The predicted molar refractivity (Wildman–Crippen MR) is 71.4 cm³/mol. The Balaban J connectivity index is 3.14. The first-order chi connectivity index (χ1) is 6.90. The van der Waals surface area contributed by atoms with Crippen LogP contribution in [0.5, 0.6) is 0 Å². The Morgan fingerprint density at radius 1 is 1.20 bits per heavy atom. The summed E-state index contributed by atoms with van der Waals surface area (Å²) in [6.45, 7) is 12.8. The van der Waals surface area contributed by atoms with Crippen LogP contribution in [0, 0.1) is 11.5 Å².